The number of para-hydroxylation sites is 1. The number of thiazole rings is 1. The maximum Gasteiger partial charge on any atom is 0.243 e. The lowest BCUT2D eigenvalue weighted by atomic mass is 10.2. The monoisotopic (exact) mass is 414 g/mol. The normalized spacial score (nSPS) is 15.4. The number of rotatable bonds is 6. The maximum absolute atomic E-state index is 12.8. The third-order valence-corrected chi connectivity index (χ3v) is 7.50. The van der Waals surface area contributed by atoms with Crippen LogP contribution in [-0.4, -0.2) is 30.8 Å². The van der Waals surface area contributed by atoms with E-state index in [-0.39, 0.29) is 0 Å². The summed E-state index contributed by atoms with van der Waals surface area (Å²) in [5, 5.41) is 2.85. The van der Waals surface area contributed by atoms with Crippen LogP contribution < -0.4 is 4.74 Å². The summed E-state index contributed by atoms with van der Waals surface area (Å²) in [6, 6.07) is 16.7. The Balaban J connectivity index is 1.45. The van der Waals surface area contributed by atoms with Crippen molar-refractivity contribution in [3.05, 3.63) is 65.0 Å². The van der Waals surface area contributed by atoms with E-state index in [0.717, 1.165) is 41.3 Å². The molecule has 4 rings (SSSR count). The van der Waals surface area contributed by atoms with Gasteiger partial charge in [-0.15, -0.1) is 11.3 Å². The molecule has 28 heavy (non-hydrogen) atoms. The van der Waals surface area contributed by atoms with E-state index in [1.807, 2.05) is 47.8 Å². The van der Waals surface area contributed by atoms with Gasteiger partial charge in [-0.25, -0.2) is 13.4 Å². The van der Waals surface area contributed by atoms with Crippen LogP contribution in [0.3, 0.4) is 0 Å². The van der Waals surface area contributed by atoms with E-state index >= 15 is 0 Å². The van der Waals surface area contributed by atoms with Gasteiger partial charge < -0.3 is 4.74 Å². The van der Waals surface area contributed by atoms with Gasteiger partial charge in [0.25, 0.3) is 0 Å². The number of aromatic nitrogens is 1. The third kappa shape index (κ3) is 4.27. The predicted molar refractivity (Wildman–Crippen MR) is 111 cm³/mol. The second kappa shape index (κ2) is 8.43. The largest absolute Gasteiger partial charge is 0.486 e. The second-order valence-corrected chi connectivity index (χ2v) is 9.60. The number of sulfonamides is 1. The summed E-state index contributed by atoms with van der Waals surface area (Å²) >= 11 is 1.53. The molecule has 1 aromatic heterocycles. The average molecular weight is 415 g/mol. The van der Waals surface area contributed by atoms with E-state index < -0.39 is 10.0 Å². The Morgan fingerprint density at radius 2 is 1.68 bits per heavy atom. The van der Waals surface area contributed by atoms with Crippen LogP contribution in [0.1, 0.15) is 24.3 Å². The van der Waals surface area contributed by atoms with E-state index in [9.17, 15) is 8.42 Å². The highest BCUT2D eigenvalue weighted by atomic mass is 32.2. The molecule has 0 aliphatic carbocycles. The quantitative estimate of drug-likeness (QED) is 0.593. The molecule has 146 valence electrons. The summed E-state index contributed by atoms with van der Waals surface area (Å²) in [5.74, 6) is 0.812. The molecule has 0 bridgehead atoms. The maximum atomic E-state index is 12.8. The molecule has 0 unspecified atom stereocenters. The zero-order valence-electron chi connectivity index (χ0n) is 15.5. The van der Waals surface area contributed by atoms with Gasteiger partial charge in [-0.3, -0.25) is 0 Å². The van der Waals surface area contributed by atoms with Crippen LogP contribution >= 0.6 is 11.3 Å². The Kier molecular flexibility index (Phi) is 5.75. The Morgan fingerprint density at radius 3 is 2.39 bits per heavy atom. The minimum atomic E-state index is -3.40. The van der Waals surface area contributed by atoms with Gasteiger partial charge in [-0.1, -0.05) is 36.8 Å². The third-order valence-electron chi connectivity index (χ3n) is 4.76. The van der Waals surface area contributed by atoms with Crippen molar-refractivity contribution in [3.63, 3.8) is 0 Å². The van der Waals surface area contributed by atoms with Crippen LogP contribution in [0.5, 0.6) is 5.75 Å². The molecule has 2 aromatic carbocycles. The fourth-order valence-electron chi connectivity index (χ4n) is 3.22. The first-order valence-corrected chi connectivity index (χ1v) is 11.7. The average Bonchev–Trinajstić information content (AvgIpc) is 3.23. The van der Waals surface area contributed by atoms with Crippen molar-refractivity contribution < 1.29 is 13.2 Å². The molecule has 1 aliphatic rings. The lowest BCUT2D eigenvalue weighted by Crippen LogP contribution is -2.35. The van der Waals surface area contributed by atoms with Crippen molar-refractivity contribution in [2.75, 3.05) is 13.1 Å². The molecule has 0 saturated carbocycles. The van der Waals surface area contributed by atoms with Gasteiger partial charge >= 0.3 is 0 Å². The van der Waals surface area contributed by atoms with Crippen LogP contribution in [-0.2, 0) is 16.6 Å². The van der Waals surface area contributed by atoms with Crippen LogP contribution in [0, 0.1) is 0 Å². The van der Waals surface area contributed by atoms with Gasteiger partial charge in [0.2, 0.25) is 10.0 Å². The molecule has 7 heteroatoms. The molecular formula is C21H22N2O3S2. The van der Waals surface area contributed by atoms with E-state index in [1.54, 1.807) is 16.4 Å². The first-order valence-electron chi connectivity index (χ1n) is 9.36. The summed E-state index contributed by atoms with van der Waals surface area (Å²) in [4.78, 5) is 4.96. The van der Waals surface area contributed by atoms with E-state index in [2.05, 4.69) is 4.98 Å². The molecule has 0 N–H and O–H groups in total. The molecular weight excluding hydrogens is 392 g/mol. The summed E-state index contributed by atoms with van der Waals surface area (Å²) in [7, 11) is -3.40. The van der Waals surface area contributed by atoms with Gasteiger partial charge in [0.1, 0.15) is 17.4 Å². The minimum Gasteiger partial charge on any atom is -0.486 e. The molecule has 1 fully saturated rings. The van der Waals surface area contributed by atoms with Crippen LogP contribution in [0.25, 0.3) is 11.3 Å². The van der Waals surface area contributed by atoms with Crippen LogP contribution in [0.2, 0.25) is 0 Å². The lowest BCUT2D eigenvalue weighted by molar-refractivity contribution is 0.305. The molecule has 2 heterocycles. The van der Waals surface area contributed by atoms with E-state index in [0.29, 0.717) is 24.6 Å². The summed E-state index contributed by atoms with van der Waals surface area (Å²) in [5.41, 5.74) is 1.73. The zero-order chi connectivity index (χ0) is 19.4. The lowest BCUT2D eigenvalue weighted by Gasteiger charge is -2.25. The number of ether oxygens (including phenoxy) is 1. The predicted octanol–water partition coefficient (Wildman–Crippen LogP) is 4.56. The number of hydrogen-bond acceptors (Lipinski definition) is 5. The van der Waals surface area contributed by atoms with Gasteiger partial charge in [0.05, 0.1) is 10.6 Å². The van der Waals surface area contributed by atoms with Gasteiger partial charge in [0, 0.05) is 24.0 Å². The van der Waals surface area contributed by atoms with E-state index in [1.165, 1.54) is 11.3 Å². The van der Waals surface area contributed by atoms with Gasteiger partial charge in [-0.05, 0) is 37.1 Å². The molecule has 5 nitrogen and oxygen atoms in total. The number of nitrogens with zero attached hydrogens (tertiary/aromatic N) is 2. The number of hydrogen-bond donors (Lipinski definition) is 0. The van der Waals surface area contributed by atoms with Crippen molar-refractivity contribution in [3.8, 4) is 17.0 Å². The Bertz CT molecular complexity index is 1010. The summed E-state index contributed by atoms with van der Waals surface area (Å²) in [6.45, 7) is 1.64. The number of benzene rings is 2. The SMILES string of the molecule is O=S(=O)(c1ccc(-c2csc(COc3ccccc3)n2)cc1)N1CCCCC1. The molecule has 3 aromatic rings. The van der Waals surface area contributed by atoms with Crippen molar-refractivity contribution >= 4 is 21.4 Å². The van der Waals surface area contributed by atoms with Crippen molar-refractivity contribution in [2.24, 2.45) is 0 Å². The van der Waals surface area contributed by atoms with Crippen molar-refractivity contribution in [2.45, 2.75) is 30.8 Å². The zero-order valence-corrected chi connectivity index (χ0v) is 17.1. The highest BCUT2D eigenvalue weighted by Crippen LogP contribution is 2.26. The highest BCUT2D eigenvalue weighted by molar-refractivity contribution is 7.89. The fourth-order valence-corrected chi connectivity index (χ4v) is 5.46. The summed E-state index contributed by atoms with van der Waals surface area (Å²) < 4.78 is 32.8. The topological polar surface area (TPSA) is 59.5 Å². The molecule has 0 radical (unpaired) electrons. The van der Waals surface area contributed by atoms with Gasteiger partial charge in [0.15, 0.2) is 0 Å². The Morgan fingerprint density at radius 1 is 0.964 bits per heavy atom. The summed E-state index contributed by atoms with van der Waals surface area (Å²) in [6.07, 6.45) is 2.97. The molecule has 1 saturated heterocycles. The Labute approximate surface area is 169 Å². The smallest absolute Gasteiger partial charge is 0.243 e. The minimum absolute atomic E-state index is 0.348. The van der Waals surface area contributed by atoms with Crippen LogP contribution in [0.4, 0.5) is 0 Å². The van der Waals surface area contributed by atoms with E-state index in [4.69, 9.17) is 4.74 Å². The first kappa shape index (κ1) is 19.1. The van der Waals surface area contributed by atoms with Crippen LogP contribution in [0.15, 0.2) is 64.9 Å². The van der Waals surface area contributed by atoms with Crippen molar-refractivity contribution in [1.29, 1.82) is 0 Å². The highest BCUT2D eigenvalue weighted by Gasteiger charge is 2.25. The molecule has 0 spiro atoms. The van der Waals surface area contributed by atoms with Gasteiger partial charge in [-0.2, -0.15) is 4.31 Å². The Hall–Kier alpha value is -2.22. The van der Waals surface area contributed by atoms with Crippen molar-refractivity contribution in [1.82, 2.24) is 9.29 Å². The molecule has 1 aliphatic heterocycles. The molecule has 0 amide bonds. The second-order valence-electron chi connectivity index (χ2n) is 6.72. The number of piperidine rings is 1. The molecule has 0 atom stereocenters. The fraction of sp³-hybridized carbons (Fsp3) is 0.286. The first-order chi connectivity index (χ1) is 13.6. The standard InChI is InChI=1S/C21H22N2O3S2/c24-28(25,23-13-5-2-6-14-23)19-11-9-17(10-12-19)20-16-27-21(22-20)15-26-18-7-3-1-4-8-18/h1,3-4,7-12,16H,2,5-6,13-15H2.